The lowest BCUT2D eigenvalue weighted by atomic mass is 9.96. The summed E-state index contributed by atoms with van der Waals surface area (Å²) >= 11 is 6.40. The highest BCUT2D eigenvalue weighted by Gasteiger charge is 2.31. The van der Waals surface area contributed by atoms with E-state index in [0.717, 1.165) is 40.7 Å². The van der Waals surface area contributed by atoms with Gasteiger partial charge in [0.2, 0.25) is 0 Å². The van der Waals surface area contributed by atoms with Gasteiger partial charge in [0.05, 0.1) is 0 Å². The second-order valence-electron chi connectivity index (χ2n) is 5.12. The highest BCUT2D eigenvalue weighted by Crippen LogP contribution is 2.47. The molecule has 0 spiro atoms. The number of halogens is 1. The van der Waals surface area contributed by atoms with Crippen molar-refractivity contribution in [3.8, 4) is 0 Å². The van der Waals surface area contributed by atoms with Crippen molar-refractivity contribution in [3.63, 3.8) is 0 Å². The van der Waals surface area contributed by atoms with E-state index in [1.807, 2.05) is 36.4 Å². The van der Waals surface area contributed by atoms with Gasteiger partial charge >= 0.3 is 0 Å². The summed E-state index contributed by atoms with van der Waals surface area (Å²) in [5.74, 6) is 0. The molecule has 0 saturated heterocycles. The third-order valence-corrected chi connectivity index (χ3v) is 4.14. The largest absolute Gasteiger partial charge is 0.384 e. The Hall–Kier alpha value is -1.57. The third-order valence-electron chi connectivity index (χ3n) is 3.82. The fraction of sp³-hybridized carbons (Fsp3) is 0.222. The maximum Gasteiger partial charge on any atom is 0.102 e. The Kier molecular flexibility index (Phi) is 3.64. The minimum Gasteiger partial charge on any atom is -0.384 e. The molecule has 2 heteroatoms. The molecule has 1 aliphatic carbocycles. The highest BCUT2D eigenvalue weighted by atomic mass is 35.5. The van der Waals surface area contributed by atoms with Gasteiger partial charge < -0.3 is 5.11 Å². The molecule has 1 unspecified atom stereocenters. The SMILES string of the molecule is CCCC1=C(c2ccccc2)c2c(Cl)cccc2C1O. The summed E-state index contributed by atoms with van der Waals surface area (Å²) in [6, 6.07) is 16.0. The molecule has 0 fully saturated rings. The van der Waals surface area contributed by atoms with E-state index < -0.39 is 6.10 Å². The Morgan fingerprint density at radius 2 is 1.80 bits per heavy atom. The predicted molar refractivity (Wildman–Crippen MR) is 83.8 cm³/mol. The van der Waals surface area contributed by atoms with Gasteiger partial charge in [-0.2, -0.15) is 0 Å². The molecule has 2 aromatic carbocycles. The van der Waals surface area contributed by atoms with Crippen LogP contribution in [-0.4, -0.2) is 5.11 Å². The minimum absolute atomic E-state index is 0.529. The van der Waals surface area contributed by atoms with E-state index in [9.17, 15) is 5.11 Å². The van der Waals surface area contributed by atoms with Crippen molar-refractivity contribution in [1.82, 2.24) is 0 Å². The van der Waals surface area contributed by atoms with Gasteiger partial charge in [-0.25, -0.2) is 0 Å². The Balaban J connectivity index is 2.26. The van der Waals surface area contributed by atoms with Crippen LogP contribution < -0.4 is 0 Å². The average Bonchev–Trinajstić information content (AvgIpc) is 2.75. The fourth-order valence-electron chi connectivity index (χ4n) is 2.98. The van der Waals surface area contributed by atoms with E-state index >= 15 is 0 Å². The highest BCUT2D eigenvalue weighted by molar-refractivity contribution is 6.33. The Labute approximate surface area is 124 Å². The van der Waals surface area contributed by atoms with Crippen molar-refractivity contribution >= 4 is 17.2 Å². The quantitative estimate of drug-likeness (QED) is 0.842. The molecule has 0 aromatic heterocycles. The number of fused-ring (bicyclic) bond motifs is 1. The molecule has 1 N–H and O–H groups in total. The summed E-state index contributed by atoms with van der Waals surface area (Å²) in [6.07, 6.45) is 1.36. The molecule has 20 heavy (non-hydrogen) atoms. The van der Waals surface area contributed by atoms with E-state index in [0.29, 0.717) is 5.02 Å². The van der Waals surface area contributed by atoms with Crippen LogP contribution in [0, 0.1) is 0 Å². The maximum absolute atomic E-state index is 10.6. The zero-order valence-electron chi connectivity index (χ0n) is 11.4. The van der Waals surface area contributed by atoms with Gasteiger partial charge in [0.15, 0.2) is 0 Å². The number of aliphatic hydroxyl groups is 1. The maximum atomic E-state index is 10.6. The van der Waals surface area contributed by atoms with Crippen LogP contribution in [0.1, 0.15) is 42.6 Å². The van der Waals surface area contributed by atoms with Crippen LogP contribution in [0.25, 0.3) is 5.57 Å². The van der Waals surface area contributed by atoms with Crippen molar-refractivity contribution in [3.05, 3.63) is 75.8 Å². The summed E-state index contributed by atoms with van der Waals surface area (Å²) in [5.41, 5.74) is 5.25. The van der Waals surface area contributed by atoms with Gasteiger partial charge in [0.25, 0.3) is 0 Å². The first kappa shape index (κ1) is 13.4. The zero-order chi connectivity index (χ0) is 14.1. The molecule has 1 atom stereocenters. The molecule has 0 aliphatic heterocycles. The molecule has 0 heterocycles. The molecule has 0 saturated carbocycles. The number of aliphatic hydroxyl groups excluding tert-OH is 1. The van der Waals surface area contributed by atoms with Gasteiger partial charge in [-0.05, 0) is 34.8 Å². The molecule has 1 aliphatic rings. The van der Waals surface area contributed by atoms with Crippen LogP contribution in [0.5, 0.6) is 0 Å². The smallest absolute Gasteiger partial charge is 0.102 e. The van der Waals surface area contributed by atoms with Gasteiger partial charge in [0, 0.05) is 10.6 Å². The minimum atomic E-state index is -0.529. The van der Waals surface area contributed by atoms with Crippen LogP contribution in [0.2, 0.25) is 5.02 Å². The van der Waals surface area contributed by atoms with E-state index in [4.69, 9.17) is 11.6 Å². The van der Waals surface area contributed by atoms with E-state index in [2.05, 4.69) is 19.1 Å². The molecule has 1 nitrogen and oxygen atoms in total. The van der Waals surface area contributed by atoms with Crippen molar-refractivity contribution in [2.45, 2.75) is 25.9 Å². The first-order valence-electron chi connectivity index (χ1n) is 6.99. The van der Waals surface area contributed by atoms with Gasteiger partial charge in [0.1, 0.15) is 6.10 Å². The molecule has 3 rings (SSSR count). The topological polar surface area (TPSA) is 20.2 Å². The van der Waals surface area contributed by atoms with Gasteiger partial charge in [-0.1, -0.05) is 67.4 Å². The summed E-state index contributed by atoms with van der Waals surface area (Å²) in [6.45, 7) is 2.13. The van der Waals surface area contributed by atoms with Crippen LogP contribution >= 0.6 is 11.6 Å². The van der Waals surface area contributed by atoms with E-state index in [1.165, 1.54) is 0 Å². The van der Waals surface area contributed by atoms with Crippen molar-refractivity contribution in [1.29, 1.82) is 0 Å². The predicted octanol–water partition coefficient (Wildman–Crippen LogP) is 4.99. The Morgan fingerprint density at radius 3 is 2.50 bits per heavy atom. The summed E-state index contributed by atoms with van der Waals surface area (Å²) < 4.78 is 0. The second-order valence-corrected chi connectivity index (χ2v) is 5.53. The Bertz CT molecular complexity index is 658. The van der Waals surface area contributed by atoms with Crippen LogP contribution in [0.3, 0.4) is 0 Å². The number of rotatable bonds is 3. The first-order chi connectivity index (χ1) is 9.74. The lowest BCUT2D eigenvalue weighted by Gasteiger charge is -2.10. The summed E-state index contributed by atoms with van der Waals surface area (Å²) in [7, 11) is 0. The zero-order valence-corrected chi connectivity index (χ0v) is 12.2. The third kappa shape index (κ3) is 2.07. The van der Waals surface area contributed by atoms with Crippen LogP contribution in [0.4, 0.5) is 0 Å². The first-order valence-corrected chi connectivity index (χ1v) is 7.37. The molecular formula is C18H17ClO. The van der Waals surface area contributed by atoms with Gasteiger partial charge in [-0.3, -0.25) is 0 Å². The molecule has 0 bridgehead atoms. The van der Waals surface area contributed by atoms with Crippen LogP contribution in [0.15, 0.2) is 54.1 Å². The summed E-state index contributed by atoms with van der Waals surface area (Å²) in [5, 5.41) is 11.3. The molecule has 2 aromatic rings. The standard InChI is InChI=1S/C18H17ClO/c1-2-7-13-16(12-8-4-3-5-9-12)17-14(18(13)20)10-6-11-15(17)19/h3-6,8-11,18,20H,2,7H2,1H3. The second kappa shape index (κ2) is 5.43. The summed E-state index contributed by atoms with van der Waals surface area (Å²) in [4.78, 5) is 0. The fourth-order valence-corrected chi connectivity index (χ4v) is 3.26. The average molecular weight is 285 g/mol. The number of hydrogen-bond donors (Lipinski definition) is 1. The molecule has 0 radical (unpaired) electrons. The Morgan fingerprint density at radius 1 is 1.05 bits per heavy atom. The lowest BCUT2D eigenvalue weighted by Crippen LogP contribution is -1.97. The van der Waals surface area contributed by atoms with E-state index in [-0.39, 0.29) is 0 Å². The lowest BCUT2D eigenvalue weighted by molar-refractivity contribution is 0.215. The number of benzene rings is 2. The van der Waals surface area contributed by atoms with Gasteiger partial charge in [-0.15, -0.1) is 0 Å². The van der Waals surface area contributed by atoms with Crippen molar-refractivity contribution < 1.29 is 5.11 Å². The van der Waals surface area contributed by atoms with Crippen molar-refractivity contribution in [2.75, 3.05) is 0 Å². The van der Waals surface area contributed by atoms with E-state index in [1.54, 1.807) is 0 Å². The number of hydrogen-bond acceptors (Lipinski definition) is 1. The normalized spacial score (nSPS) is 17.4. The molecular weight excluding hydrogens is 268 g/mol. The molecule has 102 valence electrons. The monoisotopic (exact) mass is 284 g/mol. The molecule has 0 amide bonds. The van der Waals surface area contributed by atoms with Crippen LogP contribution in [-0.2, 0) is 0 Å². The van der Waals surface area contributed by atoms with Crippen molar-refractivity contribution in [2.24, 2.45) is 0 Å².